The van der Waals surface area contributed by atoms with Gasteiger partial charge in [0, 0.05) is 43.4 Å². The molecule has 0 atom stereocenters. The second-order valence-corrected chi connectivity index (χ2v) is 9.42. The maximum Gasteiger partial charge on any atom is 0.225 e. The number of unbranched alkanes of at least 4 members (excludes halogenated alkanes) is 1. The summed E-state index contributed by atoms with van der Waals surface area (Å²) in [5.74, 6) is 1.39. The lowest BCUT2D eigenvalue weighted by Crippen LogP contribution is -2.43. The molecule has 1 fully saturated rings. The highest BCUT2D eigenvalue weighted by Gasteiger charge is 2.30. The van der Waals surface area contributed by atoms with Crippen LogP contribution in [-0.4, -0.2) is 65.8 Å². The molecule has 1 aromatic heterocycles. The van der Waals surface area contributed by atoms with Gasteiger partial charge in [-0.3, -0.25) is 9.89 Å². The molecule has 6 nitrogen and oxygen atoms in total. The number of methoxy groups -OCH3 is 1. The van der Waals surface area contributed by atoms with Crippen LogP contribution in [0.15, 0.2) is 6.20 Å². The van der Waals surface area contributed by atoms with Gasteiger partial charge in [0.05, 0.1) is 19.2 Å². The van der Waals surface area contributed by atoms with Crippen molar-refractivity contribution in [2.24, 2.45) is 5.92 Å². The monoisotopic (exact) mass is 420 g/mol. The van der Waals surface area contributed by atoms with E-state index in [9.17, 15) is 4.79 Å². The molecule has 1 aromatic rings. The first-order valence-corrected chi connectivity index (χ1v) is 11.9. The van der Waals surface area contributed by atoms with E-state index < -0.39 is 0 Å². The number of carbonyl (C=O) groups excluding carboxylic acids is 1. The molecule has 1 aliphatic carbocycles. The summed E-state index contributed by atoms with van der Waals surface area (Å²) in [6.45, 7) is 10.2. The van der Waals surface area contributed by atoms with Gasteiger partial charge in [0.1, 0.15) is 0 Å². The zero-order valence-electron chi connectivity index (χ0n) is 20.0. The highest BCUT2D eigenvalue weighted by molar-refractivity contribution is 5.76. The number of nitrogens with zero attached hydrogens (tertiary/aromatic N) is 3. The molecule has 1 saturated carbocycles. The molecular formula is C24H44N4O2. The van der Waals surface area contributed by atoms with Gasteiger partial charge in [-0.15, -0.1) is 0 Å². The second kappa shape index (κ2) is 13.1. The van der Waals surface area contributed by atoms with E-state index in [0.29, 0.717) is 30.9 Å². The molecule has 6 heteroatoms. The van der Waals surface area contributed by atoms with Gasteiger partial charge in [0.25, 0.3) is 0 Å². The molecule has 1 amide bonds. The topological polar surface area (TPSA) is 61.5 Å². The number of aromatic nitrogens is 2. The van der Waals surface area contributed by atoms with Crippen LogP contribution in [0.1, 0.15) is 89.3 Å². The van der Waals surface area contributed by atoms with Crippen LogP contribution in [0.25, 0.3) is 0 Å². The van der Waals surface area contributed by atoms with Gasteiger partial charge in [-0.05, 0) is 58.0 Å². The lowest BCUT2D eigenvalue weighted by molar-refractivity contribution is -0.135. The summed E-state index contributed by atoms with van der Waals surface area (Å²) in [6, 6.07) is 0.364. The Hall–Kier alpha value is -1.40. The van der Waals surface area contributed by atoms with Crippen molar-refractivity contribution in [3.63, 3.8) is 0 Å². The highest BCUT2D eigenvalue weighted by Crippen LogP contribution is 2.36. The van der Waals surface area contributed by atoms with Crippen molar-refractivity contribution in [2.75, 3.05) is 33.9 Å². The van der Waals surface area contributed by atoms with Gasteiger partial charge in [0.2, 0.25) is 5.91 Å². The summed E-state index contributed by atoms with van der Waals surface area (Å²) < 4.78 is 5.15. The number of aromatic amines is 1. The SMILES string of the molecule is CCCCN(C)Cc1cn[nH]c1C1CCC(N(CCC(C)C)C(=O)CCOC)CC1. The molecule has 1 N–H and O–H groups in total. The first-order valence-electron chi connectivity index (χ1n) is 11.9. The fraction of sp³-hybridized carbons (Fsp3) is 0.833. The van der Waals surface area contributed by atoms with Crippen molar-refractivity contribution in [2.45, 2.75) is 90.6 Å². The van der Waals surface area contributed by atoms with Crippen LogP contribution >= 0.6 is 0 Å². The molecule has 172 valence electrons. The molecule has 1 aliphatic rings. The Morgan fingerprint density at radius 1 is 1.27 bits per heavy atom. The van der Waals surface area contributed by atoms with Gasteiger partial charge in [-0.1, -0.05) is 27.2 Å². The summed E-state index contributed by atoms with van der Waals surface area (Å²) in [5, 5.41) is 7.66. The van der Waals surface area contributed by atoms with Gasteiger partial charge in [0.15, 0.2) is 0 Å². The van der Waals surface area contributed by atoms with Crippen LogP contribution < -0.4 is 0 Å². The first-order chi connectivity index (χ1) is 14.5. The van der Waals surface area contributed by atoms with Crippen molar-refractivity contribution in [3.8, 4) is 0 Å². The Labute approximate surface area is 183 Å². The minimum atomic E-state index is 0.251. The largest absolute Gasteiger partial charge is 0.384 e. The molecule has 0 radical (unpaired) electrons. The second-order valence-electron chi connectivity index (χ2n) is 9.42. The van der Waals surface area contributed by atoms with E-state index in [4.69, 9.17) is 4.74 Å². The van der Waals surface area contributed by atoms with E-state index in [-0.39, 0.29) is 5.91 Å². The van der Waals surface area contributed by atoms with E-state index in [1.54, 1.807) is 7.11 Å². The van der Waals surface area contributed by atoms with Crippen molar-refractivity contribution in [1.29, 1.82) is 0 Å². The van der Waals surface area contributed by atoms with E-state index in [1.807, 2.05) is 6.20 Å². The smallest absolute Gasteiger partial charge is 0.225 e. The average Bonchev–Trinajstić information content (AvgIpc) is 3.19. The van der Waals surface area contributed by atoms with Crippen LogP contribution in [0.5, 0.6) is 0 Å². The average molecular weight is 421 g/mol. The third kappa shape index (κ3) is 7.69. The number of amides is 1. The number of hydrogen-bond donors (Lipinski definition) is 1. The Balaban J connectivity index is 1.95. The van der Waals surface area contributed by atoms with Gasteiger partial charge in [-0.2, -0.15) is 5.10 Å². The predicted molar refractivity (Wildman–Crippen MR) is 122 cm³/mol. The number of carbonyl (C=O) groups is 1. The molecule has 0 saturated heterocycles. The van der Waals surface area contributed by atoms with Gasteiger partial charge >= 0.3 is 0 Å². The van der Waals surface area contributed by atoms with Crippen LogP contribution in [0, 0.1) is 5.92 Å². The fourth-order valence-electron chi connectivity index (χ4n) is 4.52. The third-order valence-corrected chi connectivity index (χ3v) is 6.42. The molecule has 1 heterocycles. The summed E-state index contributed by atoms with van der Waals surface area (Å²) in [5.41, 5.74) is 2.65. The van der Waals surface area contributed by atoms with E-state index in [0.717, 1.165) is 51.7 Å². The third-order valence-electron chi connectivity index (χ3n) is 6.42. The Morgan fingerprint density at radius 3 is 2.63 bits per heavy atom. The fourth-order valence-corrected chi connectivity index (χ4v) is 4.52. The highest BCUT2D eigenvalue weighted by atomic mass is 16.5. The van der Waals surface area contributed by atoms with Crippen molar-refractivity contribution in [1.82, 2.24) is 20.0 Å². The van der Waals surface area contributed by atoms with Crippen LogP contribution in [0.4, 0.5) is 0 Å². The molecule has 2 rings (SSSR count). The molecular weight excluding hydrogens is 376 g/mol. The van der Waals surface area contributed by atoms with Crippen molar-refractivity contribution in [3.05, 3.63) is 17.5 Å². The summed E-state index contributed by atoms with van der Waals surface area (Å²) in [7, 11) is 3.86. The molecule has 30 heavy (non-hydrogen) atoms. The quantitative estimate of drug-likeness (QED) is 0.507. The number of ether oxygens (including phenoxy) is 1. The first kappa shape index (κ1) is 24.9. The molecule has 0 bridgehead atoms. The molecule has 0 aromatic carbocycles. The van der Waals surface area contributed by atoms with Crippen LogP contribution in [0.3, 0.4) is 0 Å². The van der Waals surface area contributed by atoms with Crippen LogP contribution in [0.2, 0.25) is 0 Å². The standard InChI is InChI=1S/C24H44N4O2/c1-6-7-14-27(4)18-21-17-25-26-24(21)20-8-10-22(11-9-20)28(15-12-19(2)3)23(29)13-16-30-5/h17,19-20,22H,6-16,18H2,1-5H3,(H,25,26). The summed E-state index contributed by atoms with van der Waals surface area (Å²) >= 11 is 0. The van der Waals surface area contributed by atoms with Crippen LogP contribution in [-0.2, 0) is 16.1 Å². The predicted octanol–water partition coefficient (Wildman–Crippen LogP) is 4.58. The van der Waals surface area contributed by atoms with E-state index in [1.165, 1.54) is 24.1 Å². The minimum absolute atomic E-state index is 0.251. The van der Waals surface area contributed by atoms with Gasteiger partial charge < -0.3 is 14.5 Å². The maximum absolute atomic E-state index is 12.8. The maximum atomic E-state index is 12.8. The summed E-state index contributed by atoms with van der Waals surface area (Å²) in [6.07, 6.45) is 10.4. The van der Waals surface area contributed by atoms with E-state index in [2.05, 4.69) is 47.8 Å². The number of hydrogen-bond acceptors (Lipinski definition) is 4. The number of rotatable bonds is 13. The molecule has 0 unspecified atom stereocenters. The Kier molecular flexibility index (Phi) is 10.9. The van der Waals surface area contributed by atoms with Crippen molar-refractivity contribution >= 4 is 5.91 Å². The zero-order valence-corrected chi connectivity index (χ0v) is 20.0. The van der Waals surface area contributed by atoms with Gasteiger partial charge in [-0.25, -0.2) is 0 Å². The lowest BCUT2D eigenvalue weighted by Gasteiger charge is -2.37. The molecule has 0 spiro atoms. The zero-order chi connectivity index (χ0) is 21.9. The number of nitrogens with one attached hydrogen (secondary N) is 1. The summed E-state index contributed by atoms with van der Waals surface area (Å²) in [4.78, 5) is 17.4. The Bertz CT molecular complexity index is 608. The molecule has 0 aliphatic heterocycles. The lowest BCUT2D eigenvalue weighted by atomic mass is 9.82. The minimum Gasteiger partial charge on any atom is -0.384 e. The number of H-pyrrole nitrogens is 1. The van der Waals surface area contributed by atoms with E-state index >= 15 is 0 Å². The van der Waals surface area contributed by atoms with Crippen molar-refractivity contribution < 1.29 is 9.53 Å². The Morgan fingerprint density at radius 2 is 2.00 bits per heavy atom. The normalized spacial score (nSPS) is 19.6.